The highest BCUT2D eigenvalue weighted by Gasteiger charge is 2.37. The number of amides is 4. The van der Waals surface area contributed by atoms with Crippen LogP contribution in [0, 0.1) is 13.8 Å². The molecule has 1 aromatic carbocycles. The Morgan fingerprint density at radius 2 is 1.81 bits per heavy atom. The standard InChI is InChI=1S/C25H36N4O7/c1-8-12-29(23(33)18(13-19(26)30)28-24(34)36-25(4,5)6)21(22(32)27-14-20(31)35-7)17-11-9-10-15(2)16(17)3/h8-11,18,21H,1,12-14H2,2-7H3,(H2,26,30)(H,27,32)(H,28,34). The Kier molecular flexibility index (Phi) is 11.1. The quantitative estimate of drug-likeness (QED) is 0.304. The second kappa shape index (κ2) is 13.3. The second-order valence-electron chi connectivity index (χ2n) is 9.13. The van der Waals surface area contributed by atoms with Gasteiger partial charge in [0.2, 0.25) is 17.7 Å². The minimum absolute atomic E-state index is 0.117. The van der Waals surface area contributed by atoms with Gasteiger partial charge >= 0.3 is 12.1 Å². The minimum Gasteiger partial charge on any atom is -0.468 e. The van der Waals surface area contributed by atoms with E-state index in [-0.39, 0.29) is 6.54 Å². The van der Waals surface area contributed by atoms with Crippen molar-refractivity contribution in [2.75, 3.05) is 20.2 Å². The smallest absolute Gasteiger partial charge is 0.408 e. The zero-order valence-corrected chi connectivity index (χ0v) is 21.7. The number of hydrogen-bond acceptors (Lipinski definition) is 7. The number of carbonyl (C=O) groups excluding carboxylic acids is 5. The number of aryl methyl sites for hydroxylation is 1. The summed E-state index contributed by atoms with van der Waals surface area (Å²) in [6.07, 6.45) is -0.0629. The van der Waals surface area contributed by atoms with Crippen molar-refractivity contribution in [2.45, 2.75) is 58.7 Å². The maximum absolute atomic E-state index is 13.7. The lowest BCUT2D eigenvalue weighted by atomic mass is 9.95. The van der Waals surface area contributed by atoms with Gasteiger partial charge < -0.3 is 30.7 Å². The number of alkyl carbamates (subject to hydrolysis) is 1. The average molecular weight is 505 g/mol. The molecule has 0 aromatic heterocycles. The molecule has 4 N–H and O–H groups in total. The lowest BCUT2D eigenvalue weighted by molar-refractivity contribution is -0.144. The lowest BCUT2D eigenvalue weighted by Crippen LogP contribution is -2.54. The Labute approximate surface area is 211 Å². The third-order valence-corrected chi connectivity index (χ3v) is 5.14. The minimum atomic E-state index is -1.42. The van der Waals surface area contributed by atoms with Gasteiger partial charge in [-0.1, -0.05) is 24.3 Å². The predicted octanol–water partition coefficient (Wildman–Crippen LogP) is 1.42. The summed E-state index contributed by atoms with van der Waals surface area (Å²) < 4.78 is 9.81. The van der Waals surface area contributed by atoms with Crippen LogP contribution in [0.5, 0.6) is 0 Å². The molecule has 0 heterocycles. The first-order valence-electron chi connectivity index (χ1n) is 11.3. The number of nitrogens with one attached hydrogen (secondary N) is 2. The summed E-state index contributed by atoms with van der Waals surface area (Å²) >= 11 is 0. The molecular weight excluding hydrogens is 468 g/mol. The number of nitrogens with zero attached hydrogens (tertiary/aromatic N) is 1. The number of primary amides is 1. The van der Waals surface area contributed by atoms with E-state index in [1.54, 1.807) is 39.8 Å². The molecule has 0 radical (unpaired) electrons. The first kappa shape index (κ1) is 30.1. The van der Waals surface area contributed by atoms with Gasteiger partial charge in [-0.15, -0.1) is 6.58 Å². The van der Waals surface area contributed by atoms with Crippen LogP contribution in [0.15, 0.2) is 30.9 Å². The Hall–Kier alpha value is -3.89. The summed E-state index contributed by atoms with van der Waals surface area (Å²) in [5.41, 5.74) is 6.58. The van der Waals surface area contributed by atoms with Gasteiger partial charge in [-0.05, 0) is 51.3 Å². The van der Waals surface area contributed by atoms with Crippen molar-refractivity contribution >= 4 is 29.8 Å². The van der Waals surface area contributed by atoms with E-state index in [1.165, 1.54) is 13.2 Å². The molecule has 11 heteroatoms. The number of hydrogen-bond donors (Lipinski definition) is 3. The molecule has 4 amide bonds. The van der Waals surface area contributed by atoms with E-state index in [4.69, 9.17) is 10.5 Å². The van der Waals surface area contributed by atoms with E-state index < -0.39 is 60.4 Å². The molecule has 0 spiro atoms. The normalized spacial score (nSPS) is 12.5. The van der Waals surface area contributed by atoms with Crippen molar-refractivity contribution in [1.82, 2.24) is 15.5 Å². The van der Waals surface area contributed by atoms with Crippen LogP contribution in [0.3, 0.4) is 0 Å². The highest BCUT2D eigenvalue weighted by atomic mass is 16.6. The predicted molar refractivity (Wildman–Crippen MR) is 133 cm³/mol. The van der Waals surface area contributed by atoms with Crippen LogP contribution in [-0.2, 0) is 28.7 Å². The number of esters is 1. The first-order valence-corrected chi connectivity index (χ1v) is 11.3. The fourth-order valence-electron chi connectivity index (χ4n) is 3.36. The lowest BCUT2D eigenvalue weighted by Gasteiger charge is -2.34. The summed E-state index contributed by atoms with van der Waals surface area (Å²) in [6, 6.07) is 2.61. The van der Waals surface area contributed by atoms with E-state index in [0.717, 1.165) is 16.0 Å². The van der Waals surface area contributed by atoms with Crippen LogP contribution >= 0.6 is 0 Å². The number of benzene rings is 1. The van der Waals surface area contributed by atoms with Crippen molar-refractivity contribution in [3.05, 3.63) is 47.5 Å². The Bertz CT molecular complexity index is 1000. The molecule has 0 bridgehead atoms. The molecule has 198 valence electrons. The highest BCUT2D eigenvalue weighted by Crippen LogP contribution is 2.27. The molecule has 0 fully saturated rings. The van der Waals surface area contributed by atoms with Gasteiger partial charge in [0, 0.05) is 6.54 Å². The van der Waals surface area contributed by atoms with Crippen LogP contribution in [0.4, 0.5) is 4.79 Å². The zero-order valence-electron chi connectivity index (χ0n) is 21.7. The van der Waals surface area contributed by atoms with Crippen molar-refractivity contribution in [3.63, 3.8) is 0 Å². The summed E-state index contributed by atoms with van der Waals surface area (Å²) in [4.78, 5) is 64.0. The van der Waals surface area contributed by atoms with Gasteiger partial charge in [-0.2, -0.15) is 0 Å². The fourth-order valence-corrected chi connectivity index (χ4v) is 3.36. The van der Waals surface area contributed by atoms with E-state index in [2.05, 4.69) is 21.9 Å². The Balaban J connectivity index is 3.52. The van der Waals surface area contributed by atoms with Crippen LogP contribution in [-0.4, -0.2) is 66.5 Å². The monoisotopic (exact) mass is 504 g/mol. The third kappa shape index (κ3) is 9.05. The summed E-state index contributed by atoms with van der Waals surface area (Å²) in [7, 11) is 1.18. The molecule has 0 aliphatic heterocycles. The van der Waals surface area contributed by atoms with Crippen molar-refractivity contribution in [2.24, 2.45) is 5.73 Å². The van der Waals surface area contributed by atoms with Gasteiger partial charge in [0.15, 0.2) is 0 Å². The van der Waals surface area contributed by atoms with Gasteiger partial charge in [-0.3, -0.25) is 19.2 Å². The molecule has 0 saturated carbocycles. The number of ether oxygens (including phenoxy) is 2. The van der Waals surface area contributed by atoms with Gasteiger partial charge in [0.1, 0.15) is 24.2 Å². The molecule has 0 saturated heterocycles. The molecule has 2 atom stereocenters. The Morgan fingerprint density at radius 1 is 1.17 bits per heavy atom. The summed E-state index contributed by atoms with van der Waals surface area (Å²) in [6.45, 7) is 11.7. The fraction of sp³-hybridized carbons (Fsp3) is 0.480. The molecule has 1 rings (SSSR count). The third-order valence-electron chi connectivity index (χ3n) is 5.14. The number of rotatable bonds is 11. The average Bonchev–Trinajstić information content (AvgIpc) is 2.77. The van der Waals surface area contributed by atoms with Crippen molar-refractivity contribution < 1.29 is 33.4 Å². The molecule has 1 aromatic rings. The van der Waals surface area contributed by atoms with Crippen LogP contribution < -0.4 is 16.4 Å². The molecular formula is C25H36N4O7. The number of nitrogens with two attached hydrogens (primary N) is 1. The molecule has 0 aliphatic carbocycles. The summed E-state index contributed by atoms with van der Waals surface area (Å²) in [5.74, 6) is -2.96. The van der Waals surface area contributed by atoms with E-state index in [0.29, 0.717) is 5.56 Å². The number of methoxy groups -OCH3 is 1. The summed E-state index contributed by atoms with van der Waals surface area (Å²) in [5, 5.41) is 4.86. The molecule has 2 unspecified atom stereocenters. The van der Waals surface area contributed by atoms with E-state index >= 15 is 0 Å². The topological polar surface area (TPSA) is 157 Å². The van der Waals surface area contributed by atoms with Crippen molar-refractivity contribution in [1.29, 1.82) is 0 Å². The van der Waals surface area contributed by atoms with Gasteiger partial charge in [-0.25, -0.2) is 4.79 Å². The zero-order chi connectivity index (χ0) is 27.6. The maximum Gasteiger partial charge on any atom is 0.408 e. The SMILES string of the molecule is C=CCN(C(=O)C(CC(N)=O)NC(=O)OC(C)(C)C)C(C(=O)NCC(=O)OC)c1cccc(C)c1C. The van der Waals surface area contributed by atoms with Crippen LogP contribution in [0.1, 0.15) is 49.9 Å². The van der Waals surface area contributed by atoms with Gasteiger partial charge in [0.25, 0.3) is 0 Å². The maximum atomic E-state index is 13.7. The first-order chi connectivity index (χ1) is 16.7. The van der Waals surface area contributed by atoms with E-state index in [1.807, 2.05) is 13.0 Å². The molecule has 0 aliphatic rings. The van der Waals surface area contributed by atoms with Gasteiger partial charge in [0.05, 0.1) is 13.5 Å². The second-order valence-corrected chi connectivity index (χ2v) is 9.13. The van der Waals surface area contributed by atoms with E-state index in [9.17, 15) is 24.0 Å². The Morgan fingerprint density at radius 3 is 2.33 bits per heavy atom. The number of carbonyl (C=O) groups is 5. The van der Waals surface area contributed by atoms with Crippen LogP contribution in [0.25, 0.3) is 0 Å². The molecule has 36 heavy (non-hydrogen) atoms. The van der Waals surface area contributed by atoms with Crippen LogP contribution in [0.2, 0.25) is 0 Å². The molecule has 11 nitrogen and oxygen atoms in total. The van der Waals surface area contributed by atoms with Crippen molar-refractivity contribution in [3.8, 4) is 0 Å². The largest absolute Gasteiger partial charge is 0.468 e. The highest BCUT2D eigenvalue weighted by molar-refractivity contribution is 5.95.